The standard InChI is InChI=1S/C27H27IN4O2S/c1-15-24(20-4-3-17(28)13-22(20)33-2)25-23(35-15)14-30-27(32-25)31-21-6-5-18(16-7-10-29-11-8-16)19-9-12-34-26(19)21/h3-6,13-14,16,29H,7-12H2,1-2H3,(H,30,31,32). The molecule has 1 saturated heterocycles. The van der Waals surface area contributed by atoms with Crippen molar-refractivity contribution in [2.45, 2.75) is 32.1 Å². The van der Waals surface area contributed by atoms with E-state index in [1.165, 1.54) is 28.8 Å². The Kier molecular flexibility index (Phi) is 6.28. The van der Waals surface area contributed by atoms with Gasteiger partial charge in [0.25, 0.3) is 0 Å². The number of thiophene rings is 1. The Bertz CT molecular complexity index is 1410. The minimum Gasteiger partial charge on any atom is -0.496 e. The van der Waals surface area contributed by atoms with Gasteiger partial charge in [0.2, 0.25) is 5.95 Å². The van der Waals surface area contributed by atoms with Gasteiger partial charge in [-0.2, -0.15) is 0 Å². The van der Waals surface area contributed by atoms with Crippen LogP contribution in [0.5, 0.6) is 11.5 Å². The molecule has 2 aromatic carbocycles. The highest BCUT2D eigenvalue weighted by Crippen LogP contribution is 2.44. The second kappa shape index (κ2) is 9.55. The zero-order valence-corrected chi connectivity index (χ0v) is 22.8. The van der Waals surface area contributed by atoms with Crippen LogP contribution in [0, 0.1) is 10.5 Å². The van der Waals surface area contributed by atoms with E-state index in [9.17, 15) is 0 Å². The summed E-state index contributed by atoms with van der Waals surface area (Å²) in [6, 6.07) is 10.7. The summed E-state index contributed by atoms with van der Waals surface area (Å²) >= 11 is 4.02. The van der Waals surface area contributed by atoms with Crippen LogP contribution in [0.15, 0.2) is 36.5 Å². The summed E-state index contributed by atoms with van der Waals surface area (Å²) in [6.45, 7) is 5.03. The van der Waals surface area contributed by atoms with Crippen LogP contribution in [0.25, 0.3) is 21.3 Å². The number of aromatic nitrogens is 2. The fraction of sp³-hybridized carbons (Fsp3) is 0.333. The van der Waals surface area contributed by atoms with E-state index in [2.05, 4.69) is 75.5 Å². The maximum absolute atomic E-state index is 6.11. The Morgan fingerprint density at radius 3 is 2.89 bits per heavy atom. The number of anilines is 2. The van der Waals surface area contributed by atoms with Gasteiger partial charge in [-0.15, -0.1) is 11.3 Å². The summed E-state index contributed by atoms with van der Waals surface area (Å²) in [4.78, 5) is 10.8. The molecule has 0 unspecified atom stereocenters. The first-order valence-corrected chi connectivity index (χ1v) is 13.9. The highest BCUT2D eigenvalue weighted by Gasteiger charge is 2.26. The minimum absolute atomic E-state index is 0.577. The smallest absolute Gasteiger partial charge is 0.227 e. The first-order valence-electron chi connectivity index (χ1n) is 12.0. The molecule has 4 aromatic rings. The zero-order chi connectivity index (χ0) is 23.9. The largest absolute Gasteiger partial charge is 0.496 e. The molecule has 0 saturated carbocycles. The molecule has 8 heteroatoms. The van der Waals surface area contributed by atoms with Crippen LogP contribution in [-0.2, 0) is 6.42 Å². The fourth-order valence-electron chi connectivity index (χ4n) is 5.31. The molecule has 0 bridgehead atoms. The van der Waals surface area contributed by atoms with E-state index in [4.69, 9.17) is 14.5 Å². The maximum atomic E-state index is 6.11. The minimum atomic E-state index is 0.577. The molecule has 35 heavy (non-hydrogen) atoms. The van der Waals surface area contributed by atoms with Gasteiger partial charge in [0.1, 0.15) is 11.5 Å². The average Bonchev–Trinajstić information content (AvgIpc) is 3.49. The van der Waals surface area contributed by atoms with Crippen molar-refractivity contribution in [1.82, 2.24) is 15.3 Å². The lowest BCUT2D eigenvalue weighted by Crippen LogP contribution is -2.27. The topological polar surface area (TPSA) is 68.3 Å². The van der Waals surface area contributed by atoms with Crippen LogP contribution in [0.1, 0.15) is 34.8 Å². The first kappa shape index (κ1) is 23.0. The van der Waals surface area contributed by atoms with Crippen molar-refractivity contribution in [2.24, 2.45) is 0 Å². The number of fused-ring (bicyclic) bond motifs is 2. The zero-order valence-electron chi connectivity index (χ0n) is 19.8. The van der Waals surface area contributed by atoms with E-state index in [1.54, 1.807) is 18.4 Å². The molecule has 6 rings (SSSR count). The third-order valence-electron chi connectivity index (χ3n) is 6.96. The molecule has 2 aliphatic rings. The third kappa shape index (κ3) is 4.25. The van der Waals surface area contributed by atoms with Gasteiger partial charge < -0.3 is 20.1 Å². The molecule has 2 aliphatic heterocycles. The van der Waals surface area contributed by atoms with Crippen molar-refractivity contribution in [2.75, 3.05) is 32.1 Å². The van der Waals surface area contributed by atoms with Gasteiger partial charge in [0, 0.05) is 31.6 Å². The van der Waals surface area contributed by atoms with Crippen molar-refractivity contribution in [3.05, 3.63) is 56.1 Å². The van der Waals surface area contributed by atoms with Crippen LogP contribution in [0.2, 0.25) is 0 Å². The molecule has 180 valence electrons. The number of rotatable bonds is 5. The third-order valence-corrected chi connectivity index (χ3v) is 8.66. The number of nitrogens with zero attached hydrogens (tertiary/aromatic N) is 2. The lowest BCUT2D eigenvalue weighted by atomic mass is 9.86. The lowest BCUT2D eigenvalue weighted by Gasteiger charge is -2.25. The molecular formula is C27H27IN4O2S. The quantitative estimate of drug-likeness (QED) is 0.259. The van der Waals surface area contributed by atoms with Crippen molar-refractivity contribution >= 4 is 55.8 Å². The number of methoxy groups -OCH3 is 1. The number of benzene rings is 2. The number of piperidine rings is 1. The number of hydrogen-bond acceptors (Lipinski definition) is 7. The van der Waals surface area contributed by atoms with E-state index in [0.717, 1.165) is 68.2 Å². The van der Waals surface area contributed by atoms with E-state index in [0.29, 0.717) is 11.9 Å². The maximum Gasteiger partial charge on any atom is 0.227 e. The van der Waals surface area contributed by atoms with E-state index < -0.39 is 0 Å². The number of hydrogen-bond donors (Lipinski definition) is 2. The first-order chi connectivity index (χ1) is 17.1. The van der Waals surface area contributed by atoms with E-state index in [1.807, 2.05) is 6.20 Å². The molecular weight excluding hydrogens is 571 g/mol. The lowest BCUT2D eigenvalue weighted by molar-refractivity contribution is 0.358. The average molecular weight is 599 g/mol. The summed E-state index contributed by atoms with van der Waals surface area (Å²) in [5.74, 6) is 3.00. The molecule has 0 radical (unpaired) electrons. The Balaban J connectivity index is 1.38. The van der Waals surface area contributed by atoms with Crippen molar-refractivity contribution in [3.63, 3.8) is 0 Å². The normalized spacial score (nSPS) is 15.7. The van der Waals surface area contributed by atoms with Crippen LogP contribution in [-0.4, -0.2) is 36.8 Å². The second-order valence-electron chi connectivity index (χ2n) is 9.04. The summed E-state index contributed by atoms with van der Waals surface area (Å²) in [7, 11) is 1.72. The molecule has 4 heterocycles. The van der Waals surface area contributed by atoms with Crippen LogP contribution in [0.3, 0.4) is 0 Å². The Morgan fingerprint density at radius 2 is 2.06 bits per heavy atom. The number of aryl methyl sites for hydroxylation is 1. The second-order valence-corrected chi connectivity index (χ2v) is 11.5. The fourth-order valence-corrected chi connectivity index (χ4v) is 6.76. The number of halogens is 1. The van der Waals surface area contributed by atoms with Gasteiger partial charge >= 0.3 is 0 Å². The summed E-state index contributed by atoms with van der Waals surface area (Å²) < 4.78 is 14.0. The predicted octanol–water partition coefficient (Wildman–Crippen LogP) is 6.43. The molecule has 0 aliphatic carbocycles. The monoisotopic (exact) mass is 598 g/mol. The summed E-state index contributed by atoms with van der Waals surface area (Å²) in [5, 5.41) is 6.94. The van der Waals surface area contributed by atoms with Crippen LogP contribution < -0.4 is 20.1 Å². The molecule has 2 N–H and O–H groups in total. The molecule has 6 nitrogen and oxygen atoms in total. The SMILES string of the molecule is COc1cc(I)ccc1-c1c(C)sc2cnc(Nc3ccc(C4CCNCC4)c4c3OCC4)nc12. The van der Waals surface area contributed by atoms with E-state index >= 15 is 0 Å². The highest BCUT2D eigenvalue weighted by molar-refractivity contribution is 14.1. The number of nitrogens with one attached hydrogen (secondary N) is 2. The van der Waals surface area contributed by atoms with Crippen LogP contribution in [0.4, 0.5) is 11.6 Å². The molecule has 2 aromatic heterocycles. The molecule has 1 fully saturated rings. The van der Waals surface area contributed by atoms with Gasteiger partial charge in [0.15, 0.2) is 0 Å². The molecule has 0 spiro atoms. The Hall–Kier alpha value is -2.43. The van der Waals surface area contributed by atoms with Gasteiger partial charge in [0.05, 0.1) is 35.8 Å². The predicted molar refractivity (Wildman–Crippen MR) is 151 cm³/mol. The number of ether oxygens (including phenoxy) is 2. The molecule has 0 amide bonds. The molecule has 0 atom stereocenters. The Morgan fingerprint density at radius 1 is 1.20 bits per heavy atom. The van der Waals surface area contributed by atoms with Crippen molar-refractivity contribution < 1.29 is 9.47 Å². The van der Waals surface area contributed by atoms with E-state index in [-0.39, 0.29) is 0 Å². The van der Waals surface area contributed by atoms with Crippen LogP contribution >= 0.6 is 33.9 Å². The van der Waals surface area contributed by atoms with Gasteiger partial charge in [-0.25, -0.2) is 9.97 Å². The van der Waals surface area contributed by atoms with Gasteiger partial charge in [-0.05, 0) is 91.2 Å². The van der Waals surface area contributed by atoms with Gasteiger partial charge in [-0.3, -0.25) is 0 Å². The summed E-state index contributed by atoms with van der Waals surface area (Å²) in [6.07, 6.45) is 5.24. The van der Waals surface area contributed by atoms with Crippen molar-refractivity contribution in [1.29, 1.82) is 0 Å². The summed E-state index contributed by atoms with van der Waals surface area (Å²) in [5.41, 5.74) is 6.83. The van der Waals surface area contributed by atoms with Gasteiger partial charge in [-0.1, -0.05) is 6.07 Å². The Labute approximate surface area is 222 Å². The highest BCUT2D eigenvalue weighted by atomic mass is 127. The van der Waals surface area contributed by atoms with Crippen molar-refractivity contribution in [3.8, 4) is 22.6 Å².